The average molecular weight is 474 g/mol. The van der Waals surface area contributed by atoms with E-state index in [1.54, 1.807) is 0 Å². The first kappa shape index (κ1) is 30.8. The van der Waals surface area contributed by atoms with Crippen molar-refractivity contribution in [1.82, 2.24) is 10.6 Å². The molecule has 6 nitrogen and oxygen atoms in total. The van der Waals surface area contributed by atoms with Crippen molar-refractivity contribution in [1.29, 1.82) is 0 Å². The molecule has 0 saturated carbocycles. The van der Waals surface area contributed by atoms with E-state index in [1.165, 1.54) is 0 Å². The van der Waals surface area contributed by atoms with Crippen LogP contribution in [0.2, 0.25) is 0 Å². The summed E-state index contributed by atoms with van der Waals surface area (Å²) >= 11 is 0. The monoisotopic (exact) mass is 473 g/mol. The average Bonchev–Trinajstić information content (AvgIpc) is 2.21. The molecule has 0 aliphatic carbocycles. The van der Waals surface area contributed by atoms with Crippen molar-refractivity contribution in [2.45, 2.75) is 0 Å². The Kier molecular flexibility index (Phi) is 65.2. The van der Waals surface area contributed by atoms with Crippen LogP contribution in [0, 0.1) is 0 Å². The first-order valence-electron chi connectivity index (χ1n) is 4.86. The number of nitrogens with one attached hydrogen (secondary N) is 2. The smallest absolute Gasteiger partial charge is 1.00 e. The Hall–Kier alpha value is 1.03. The molecule has 0 unspecified atom stereocenters. The molecule has 0 rings (SSSR count). The Labute approximate surface area is 130 Å². The van der Waals surface area contributed by atoms with Gasteiger partial charge in [-0.05, 0) is 0 Å². The molecule has 0 fully saturated rings. The second-order valence-corrected chi connectivity index (χ2v) is 2.52. The Morgan fingerprint density at radius 3 is 1.18 bits per heavy atom. The van der Waals surface area contributed by atoms with Crippen LogP contribution in [-0.4, -0.2) is 62.7 Å². The fraction of sp³-hybridized carbons (Fsp3) is 1.00. The van der Waals surface area contributed by atoms with E-state index < -0.39 is 0 Å². The molecular formula is C8H24Cl2N4O2Pt. The first-order valence-corrected chi connectivity index (χ1v) is 4.86. The maximum Gasteiger partial charge on any atom is 2.00 e. The van der Waals surface area contributed by atoms with E-state index in [0.29, 0.717) is 26.2 Å². The molecule has 0 spiro atoms. The van der Waals surface area contributed by atoms with Gasteiger partial charge in [0, 0.05) is 39.3 Å². The van der Waals surface area contributed by atoms with Crippen LogP contribution in [0.25, 0.3) is 0 Å². The zero-order valence-corrected chi connectivity index (χ0v) is 13.6. The van der Waals surface area contributed by atoms with Gasteiger partial charge >= 0.3 is 21.1 Å². The minimum atomic E-state index is 0. The Morgan fingerprint density at radius 1 is 0.706 bits per heavy atom. The van der Waals surface area contributed by atoms with Gasteiger partial charge in [-0.2, -0.15) is 0 Å². The second-order valence-electron chi connectivity index (χ2n) is 2.52. The predicted molar refractivity (Wildman–Crippen MR) is 58.0 cm³/mol. The van der Waals surface area contributed by atoms with Gasteiger partial charge in [-0.25, -0.2) is 0 Å². The van der Waals surface area contributed by atoms with Gasteiger partial charge in [-0.1, -0.05) is 0 Å². The third-order valence-electron chi connectivity index (χ3n) is 1.22. The van der Waals surface area contributed by atoms with Crippen molar-refractivity contribution in [3.63, 3.8) is 0 Å². The number of rotatable bonds is 8. The van der Waals surface area contributed by atoms with E-state index >= 15 is 0 Å². The van der Waals surface area contributed by atoms with Crippen LogP contribution in [0.15, 0.2) is 0 Å². The van der Waals surface area contributed by atoms with Crippen LogP contribution in [0.4, 0.5) is 0 Å². The Bertz CT molecular complexity index is 81.9. The molecule has 0 amide bonds. The summed E-state index contributed by atoms with van der Waals surface area (Å²) in [4.78, 5) is 0. The van der Waals surface area contributed by atoms with Crippen molar-refractivity contribution >= 4 is 0 Å². The van der Waals surface area contributed by atoms with Crippen LogP contribution in [0.3, 0.4) is 0 Å². The van der Waals surface area contributed by atoms with E-state index in [9.17, 15) is 0 Å². The summed E-state index contributed by atoms with van der Waals surface area (Å²) in [7, 11) is 0. The van der Waals surface area contributed by atoms with Crippen LogP contribution in [0.5, 0.6) is 0 Å². The van der Waals surface area contributed by atoms with Crippen molar-refractivity contribution in [2.75, 3.05) is 52.5 Å². The molecule has 9 heteroatoms. The van der Waals surface area contributed by atoms with Gasteiger partial charge in [-0.15, -0.1) is 0 Å². The van der Waals surface area contributed by atoms with Gasteiger partial charge in [0.1, 0.15) is 0 Å². The number of hydrogen-bond acceptors (Lipinski definition) is 6. The quantitative estimate of drug-likeness (QED) is 0.195. The summed E-state index contributed by atoms with van der Waals surface area (Å²) in [5.41, 5.74) is 10.3. The van der Waals surface area contributed by atoms with Crippen LogP contribution in [-0.2, 0) is 21.1 Å². The van der Waals surface area contributed by atoms with Gasteiger partial charge in [-0.3, -0.25) is 0 Å². The summed E-state index contributed by atoms with van der Waals surface area (Å²) in [5, 5.41) is 22.2. The SMILES string of the molecule is NCCNCCO.NCCNCCO.[Cl-].[Cl-].[Pt+2]. The molecule has 0 aliphatic rings. The molecule has 8 N–H and O–H groups in total. The summed E-state index contributed by atoms with van der Waals surface area (Å²) in [6.45, 7) is 4.55. The molecule has 0 heterocycles. The van der Waals surface area contributed by atoms with Crippen LogP contribution < -0.4 is 46.9 Å². The Morgan fingerprint density at radius 2 is 1.00 bits per heavy atom. The summed E-state index contributed by atoms with van der Waals surface area (Å²) < 4.78 is 0. The second kappa shape index (κ2) is 36.0. The van der Waals surface area contributed by atoms with Gasteiger partial charge in [0.2, 0.25) is 0 Å². The van der Waals surface area contributed by atoms with Gasteiger partial charge in [0.25, 0.3) is 0 Å². The molecule has 0 atom stereocenters. The molecule has 0 aliphatic heterocycles. The molecule has 0 saturated heterocycles. The maximum atomic E-state index is 8.19. The molecule has 0 aromatic rings. The van der Waals surface area contributed by atoms with E-state index in [-0.39, 0.29) is 59.1 Å². The number of aliphatic hydroxyl groups is 2. The molecule has 0 radical (unpaired) electrons. The van der Waals surface area contributed by atoms with Crippen molar-refractivity contribution in [3.8, 4) is 0 Å². The fourth-order valence-corrected chi connectivity index (χ4v) is 0.612. The number of nitrogens with two attached hydrogens (primary N) is 2. The zero-order valence-electron chi connectivity index (χ0n) is 9.78. The minimum absolute atomic E-state index is 0. The van der Waals surface area contributed by atoms with E-state index in [4.69, 9.17) is 21.7 Å². The molecule has 0 aromatic carbocycles. The van der Waals surface area contributed by atoms with Crippen molar-refractivity contribution in [2.24, 2.45) is 11.5 Å². The summed E-state index contributed by atoms with van der Waals surface area (Å²) in [5.74, 6) is 0. The number of hydrogen-bond donors (Lipinski definition) is 6. The third kappa shape index (κ3) is 47.2. The summed E-state index contributed by atoms with van der Waals surface area (Å²) in [6.07, 6.45) is 0. The molecular weight excluding hydrogens is 450 g/mol. The van der Waals surface area contributed by atoms with Gasteiger partial charge < -0.3 is 57.1 Å². The zero-order chi connectivity index (χ0) is 11.1. The maximum absolute atomic E-state index is 8.19. The van der Waals surface area contributed by atoms with E-state index in [0.717, 1.165) is 13.1 Å². The molecule has 112 valence electrons. The first-order chi connectivity index (χ1) is 6.83. The summed E-state index contributed by atoms with van der Waals surface area (Å²) in [6, 6.07) is 0. The normalized spacial score (nSPS) is 7.76. The van der Waals surface area contributed by atoms with Gasteiger partial charge in [0.15, 0.2) is 0 Å². The van der Waals surface area contributed by atoms with Crippen LogP contribution in [0.1, 0.15) is 0 Å². The van der Waals surface area contributed by atoms with Crippen molar-refractivity contribution in [3.05, 3.63) is 0 Å². The Balaban J connectivity index is -0.0000000480. The number of halogens is 2. The molecule has 17 heavy (non-hydrogen) atoms. The van der Waals surface area contributed by atoms with Crippen LogP contribution >= 0.6 is 0 Å². The predicted octanol–water partition coefficient (Wildman–Crippen LogP) is -8.94. The molecule has 0 bridgehead atoms. The topological polar surface area (TPSA) is 117 Å². The standard InChI is InChI=1S/2C4H12N2O.2ClH.Pt/c2*5-1-2-6-3-4-7;;;/h2*6-7H,1-5H2;2*1H;/q;;;;+2/p-2. The molecule has 0 aromatic heterocycles. The number of aliphatic hydroxyl groups excluding tert-OH is 2. The van der Waals surface area contributed by atoms with Gasteiger partial charge in [0.05, 0.1) is 13.2 Å². The minimum Gasteiger partial charge on any atom is -1.00 e. The van der Waals surface area contributed by atoms with E-state index in [1.807, 2.05) is 0 Å². The third-order valence-corrected chi connectivity index (χ3v) is 1.22. The largest absolute Gasteiger partial charge is 2.00 e. The van der Waals surface area contributed by atoms with E-state index in [2.05, 4.69) is 10.6 Å². The van der Waals surface area contributed by atoms with Crippen molar-refractivity contribution < 1.29 is 56.1 Å². The fourth-order valence-electron chi connectivity index (χ4n) is 0.612.